The number of hydrogen-bond acceptors (Lipinski definition) is 6. The Morgan fingerprint density at radius 2 is 0.812 bits per heavy atom. The first-order chi connectivity index (χ1) is 23.3. The number of allylic oxidation sites excluding steroid dienone is 22. The molecule has 6 nitrogen and oxygen atoms in total. The van der Waals surface area contributed by atoms with Crippen LogP contribution in [0.5, 0.6) is 11.5 Å². The molecule has 12 bridgehead atoms. The molecule has 0 unspecified atom stereocenters. The molecule has 5 aliphatic carbocycles. The first-order valence-electron chi connectivity index (χ1n) is 15.5. The molecular formula is C42H28O6. The Labute approximate surface area is 276 Å². The summed E-state index contributed by atoms with van der Waals surface area (Å²) in [5.74, 6) is -1.28. The van der Waals surface area contributed by atoms with Crippen molar-refractivity contribution in [3.8, 4) is 11.5 Å². The van der Waals surface area contributed by atoms with Crippen LogP contribution in [-0.4, -0.2) is 33.3 Å². The van der Waals surface area contributed by atoms with Gasteiger partial charge in [-0.1, -0.05) is 109 Å². The van der Waals surface area contributed by atoms with E-state index in [-0.39, 0.29) is 58.6 Å². The van der Waals surface area contributed by atoms with Gasteiger partial charge in [0.1, 0.15) is 11.5 Å². The highest BCUT2D eigenvalue weighted by Crippen LogP contribution is 2.34. The molecule has 7 rings (SSSR count). The number of benzene rings is 2. The Hall–Kier alpha value is -6.40. The third-order valence-electron chi connectivity index (χ3n) is 8.71. The average Bonchev–Trinajstić information content (AvgIpc) is 3.07. The maximum atomic E-state index is 13.6. The summed E-state index contributed by atoms with van der Waals surface area (Å²) in [5, 5.41) is 22.5. The van der Waals surface area contributed by atoms with Crippen LogP contribution < -0.4 is 0 Å². The molecule has 0 amide bonds. The van der Waals surface area contributed by atoms with Crippen LogP contribution in [-0.2, 0) is 25.6 Å². The lowest BCUT2D eigenvalue weighted by molar-refractivity contribution is -0.113. The number of para-hydroxylation sites is 2. The van der Waals surface area contributed by atoms with Crippen molar-refractivity contribution in [3.05, 3.63) is 188 Å². The van der Waals surface area contributed by atoms with Gasteiger partial charge < -0.3 is 10.2 Å². The van der Waals surface area contributed by atoms with Gasteiger partial charge in [-0.15, -0.1) is 0 Å². The summed E-state index contributed by atoms with van der Waals surface area (Å²) in [6.45, 7) is 0. The summed E-state index contributed by atoms with van der Waals surface area (Å²) in [5.41, 5.74) is 4.58. The lowest BCUT2D eigenvalue weighted by Gasteiger charge is -2.16. The predicted molar refractivity (Wildman–Crippen MR) is 185 cm³/mol. The van der Waals surface area contributed by atoms with Gasteiger partial charge in [-0.25, -0.2) is 0 Å². The van der Waals surface area contributed by atoms with Crippen molar-refractivity contribution in [1.29, 1.82) is 0 Å². The van der Waals surface area contributed by atoms with Crippen molar-refractivity contribution in [3.63, 3.8) is 0 Å². The van der Waals surface area contributed by atoms with E-state index in [0.717, 1.165) is 0 Å². The molecule has 0 fully saturated rings. The molecule has 0 aromatic heterocycles. The number of hydrogen-bond donors (Lipinski definition) is 2. The highest BCUT2D eigenvalue weighted by atomic mass is 16.3. The molecule has 2 N–H and O–H groups in total. The molecule has 0 saturated heterocycles. The summed E-state index contributed by atoms with van der Waals surface area (Å²) in [4.78, 5) is 54.2. The number of aromatic hydroxyl groups is 2. The second-order valence-electron chi connectivity index (χ2n) is 11.8. The fraction of sp³-hybridized carbons (Fsp3) is 0.0476. The number of rotatable bonds is 0. The fourth-order valence-corrected chi connectivity index (χ4v) is 6.14. The minimum Gasteiger partial charge on any atom is -0.507 e. The van der Waals surface area contributed by atoms with E-state index in [4.69, 9.17) is 0 Å². The van der Waals surface area contributed by atoms with E-state index >= 15 is 0 Å². The maximum Gasteiger partial charge on any atom is 0.193 e. The van der Waals surface area contributed by atoms with Gasteiger partial charge >= 0.3 is 0 Å². The standard InChI is InChI=1S/C42H28O6/c43-37-25-7-1-8-26(37)20-28-10-3-12-30(39(28)45)22-32-14-5-16-34(41(32)47)24-36-18-6-17-35(42(36)48)23-33-15-4-13-31(40(33)46)21-29-11-2-9-27(19-25)38(29)44/h1-21,24,45,47H,22-23H2/b26-20?,27-19?,31-21+,36-24+. The van der Waals surface area contributed by atoms with Crippen LogP contribution in [0.25, 0.3) is 12.2 Å². The van der Waals surface area contributed by atoms with Crippen LogP contribution in [0.4, 0.5) is 0 Å². The zero-order valence-corrected chi connectivity index (χ0v) is 25.6. The molecule has 0 saturated carbocycles. The largest absolute Gasteiger partial charge is 0.507 e. The number of Topliss-reactive ketones (excluding diaryl/α,β-unsaturated/α-hetero) is 4. The first-order valence-corrected chi connectivity index (χ1v) is 15.5. The number of ketones is 4. The van der Waals surface area contributed by atoms with E-state index in [2.05, 4.69) is 0 Å². The van der Waals surface area contributed by atoms with Crippen molar-refractivity contribution in [1.82, 2.24) is 0 Å². The monoisotopic (exact) mass is 628 g/mol. The van der Waals surface area contributed by atoms with E-state index in [1.54, 1.807) is 121 Å². The molecule has 0 spiro atoms. The molecule has 5 aliphatic rings. The number of phenols is 2. The van der Waals surface area contributed by atoms with Crippen LogP contribution in [0.3, 0.4) is 0 Å². The van der Waals surface area contributed by atoms with Gasteiger partial charge in [0.2, 0.25) is 0 Å². The molecular weight excluding hydrogens is 600 g/mol. The summed E-state index contributed by atoms with van der Waals surface area (Å²) in [6, 6.07) is 10.4. The zero-order valence-electron chi connectivity index (χ0n) is 25.6. The van der Waals surface area contributed by atoms with Crippen LogP contribution in [0.2, 0.25) is 0 Å². The lowest BCUT2D eigenvalue weighted by Crippen LogP contribution is -2.15. The van der Waals surface area contributed by atoms with Gasteiger partial charge in [0, 0.05) is 68.6 Å². The molecule has 2 aromatic carbocycles. The SMILES string of the molecule is O=C1C2=CC=CC1=Cc1cccc(c1O)Cc1cccc(c1O)/C=C1\C=CC=C(CC3=CC=C/C(=C\C4=CC=CC(=C2)C4=O)C3=O)C1=O. The second-order valence-corrected chi connectivity index (χ2v) is 11.8. The predicted octanol–water partition coefficient (Wildman–Crippen LogP) is 6.97. The molecule has 0 aliphatic heterocycles. The highest BCUT2D eigenvalue weighted by molar-refractivity contribution is 6.21. The number of carbonyl (C=O) groups excluding carboxylic acids is 4. The number of phenolic OH excluding ortho intramolecular Hbond substituents is 2. The average molecular weight is 629 g/mol. The number of fused-ring (bicyclic) bond motifs is 12. The third kappa shape index (κ3) is 5.72. The first kappa shape index (κ1) is 30.3. The normalized spacial score (nSPS) is 21.0. The minimum atomic E-state index is -0.340. The van der Waals surface area contributed by atoms with E-state index in [0.29, 0.717) is 55.7 Å². The van der Waals surface area contributed by atoms with Crippen molar-refractivity contribution < 1.29 is 29.4 Å². The van der Waals surface area contributed by atoms with Crippen LogP contribution in [0, 0.1) is 0 Å². The molecule has 0 radical (unpaired) electrons. The maximum absolute atomic E-state index is 13.6. The molecule has 0 atom stereocenters. The fourth-order valence-electron chi connectivity index (χ4n) is 6.14. The Morgan fingerprint density at radius 3 is 1.29 bits per heavy atom. The van der Waals surface area contributed by atoms with Crippen LogP contribution >= 0.6 is 0 Å². The topological polar surface area (TPSA) is 109 Å². The molecule has 232 valence electrons. The minimum absolute atomic E-state index is 0.0262. The zero-order chi connectivity index (χ0) is 33.4. The second kappa shape index (κ2) is 12.4. The van der Waals surface area contributed by atoms with Crippen molar-refractivity contribution >= 4 is 35.3 Å². The van der Waals surface area contributed by atoms with Gasteiger partial charge in [0.25, 0.3) is 0 Å². The molecule has 2 aromatic rings. The van der Waals surface area contributed by atoms with Crippen molar-refractivity contribution in [2.24, 2.45) is 0 Å². The van der Waals surface area contributed by atoms with Gasteiger partial charge in [-0.05, 0) is 35.4 Å². The van der Waals surface area contributed by atoms with Crippen LogP contribution in [0.1, 0.15) is 28.7 Å². The summed E-state index contributed by atoms with van der Waals surface area (Å²) in [7, 11) is 0. The third-order valence-corrected chi connectivity index (χ3v) is 8.71. The van der Waals surface area contributed by atoms with E-state index in [1.165, 1.54) is 12.2 Å². The van der Waals surface area contributed by atoms with Crippen LogP contribution in [0.15, 0.2) is 166 Å². The van der Waals surface area contributed by atoms with Gasteiger partial charge in [-0.3, -0.25) is 19.2 Å². The Bertz CT molecular complexity index is 2240. The van der Waals surface area contributed by atoms with Crippen molar-refractivity contribution in [2.45, 2.75) is 12.8 Å². The van der Waals surface area contributed by atoms with E-state index < -0.39 is 0 Å². The van der Waals surface area contributed by atoms with Gasteiger partial charge in [0.05, 0.1) is 0 Å². The Kier molecular flexibility index (Phi) is 7.83. The van der Waals surface area contributed by atoms with Crippen molar-refractivity contribution in [2.75, 3.05) is 0 Å². The molecule has 6 heteroatoms. The van der Waals surface area contributed by atoms with Gasteiger partial charge in [-0.2, -0.15) is 0 Å². The Balaban J connectivity index is 1.34. The highest BCUT2D eigenvalue weighted by Gasteiger charge is 2.25. The van der Waals surface area contributed by atoms with E-state index in [1.807, 2.05) is 0 Å². The Morgan fingerprint density at radius 1 is 0.417 bits per heavy atom. The molecule has 48 heavy (non-hydrogen) atoms. The molecule has 0 heterocycles. The quantitative estimate of drug-likeness (QED) is 0.326. The summed E-state index contributed by atoms with van der Waals surface area (Å²) < 4.78 is 0. The lowest BCUT2D eigenvalue weighted by atomic mass is 9.86. The van der Waals surface area contributed by atoms with E-state index in [9.17, 15) is 29.4 Å². The summed E-state index contributed by atoms with van der Waals surface area (Å²) >= 11 is 0. The van der Waals surface area contributed by atoms with Gasteiger partial charge in [0.15, 0.2) is 23.1 Å². The smallest absolute Gasteiger partial charge is 0.193 e. The number of carbonyl (C=O) groups is 4. The summed E-state index contributed by atoms with van der Waals surface area (Å²) in [6.07, 6.45) is 26.5.